The third kappa shape index (κ3) is 4.47. The number of carbonyl (C=O) groups excluding carboxylic acids is 2. The lowest BCUT2D eigenvalue weighted by atomic mass is 10.2. The molecule has 4 aromatic rings. The molecule has 0 saturated carbocycles. The number of imidazole rings is 1. The van der Waals surface area contributed by atoms with Gasteiger partial charge in [0.1, 0.15) is 17.3 Å². The van der Waals surface area contributed by atoms with Crippen LogP contribution in [0.3, 0.4) is 0 Å². The Labute approximate surface area is 177 Å². The summed E-state index contributed by atoms with van der Waals surface area (Å²) >= 11 is 0. The van der Waals surface area contributed by atoms with Crippen LogP contribution in [0.15, 0.2) is 48.7 Å². The van der Waals surface area contributed by atoms with E-state index in [0.717, 1.165) is 5.69 Å². The SMILES string of the molecule is CC(=O)Nc1cccc(Nc2nc3cccnn3c2-c2cc(NC(C)=O)nc(C)n2)c1. The van der Waals surface area contributed by atoms with Gasteiger partial charge in [0.05, 0.1) is 5.69 Å². The molecule has 0 radical (unpaired) electrons. The Bertz CT molecular complexity index is 1300. The summed E-state index contributed by atoms with van der Waals surface area (Å²) in [5.41, 5.74) is 3.16. The smallest absolute Gasteiger partial charge is 0.222 e. The standard InChI is InChI=1S/C21H20N8O2/c1-12-23-17(11-18(24-12)26-14(3)31)20-21(28-19-8-5-9-22-29(19)20)27-16-7-4-6-15(10-16)25-13(2)30/h4-11,27H,1-3H3,(H,25,30)(H,23,24,26,31). The number of aryl methyl sites for hydroxylation is 1. The Morgan fingerprint density at radius 2 is 1.68 bits per heavy atom. The molecule has 156 valence electrons. The predicted octanol–water partition coefficient (Wildman–Crippen LogP) is 3.16. The topological polar surface area (TPSA) is 126 Å². The van der Waals surface area contributed by atoms with E-state index in [1.165, 1.54) is 13.8 Å². The molecule has 1 aromatic carbocycles. The molecule has 31 heavy (non-hydrogen) atoms. The second kappa shape index (κ2) is 8.19. The van der Waals surface area contributed by atoms with E-state index in [-0.39, 0.29) is 11.8 Å². The lowest BCUT2D eigenvalue weighted by Gasteiger charge is -2.10. The maximum absolute atomic E-state index is 11.5. The van der Waals surface area contributed by atoms with E-state index in [1.54, 1.807) is 41.9 Å². The summed E-state index contributed by atoms with van der Waals surface area (Å²) in [4.78, 5) is 36.3. The maximum Gasteiger partial charge on any atom is 0.222 e. The average molecular weight is 416 g/mol. The number of hydrogen-bond acceptors (Lipinski definition) is 7. The van der Waals surface area contributed by atoms with Crippen LogP contribution in [0.4, 0.5) is 23.0 Å². The zero-order chi connectivity index (χ0) is 22.0. The fourth-order valence-corrected chi connectivity index (χ4v) is 3.15. The summed E-state index contributed by atoms with van der Waals surface area (Å²) in [6.07, 6.45) is 1.65. The first kappa shape index (κ1) is 20.0. The van der Waals surface area contributed by atoms with Crippen LogP contribution in [0.25, 0.3) is 17.0 Å². The van der Waals surface area contributed by atoms with Crippen LogP contribution in [-0.4, -0.2) is 36.4 Å². The van der Waals surface area contributed by atoms with E-state index in [9.17, 15) is 9.59 Å². The van der Waals surface area contributed by atoms with Crippen molar-refractivity contribution in [1.82, 2.24) is 24.6 Å². The highest BCUT2D eigenvalue weighted by Gasteiger charge is 2.18. The fourth-order valence-electron chi connectivity index (χ4n) is 3.15. The van der Waals surface area contributed by atoms with Gasteiger partial charge in [-0.1, -0.05) is 6.07 Å². The van der Waals surface area contributed by atoms with E-state index in [4.69, 9.17) is 0 Å². The molecular formula is C21H20N8O2. The number of benzene rings is 1. The van der Waals surface area contributed by atoms with Gasteiger partial charge in [-0.15, -0.1) is 0 Å². The molecule has 4 rings (SSSR count). The molecule has 0 bridgehead atoms. The largest absolute Gasteiger partial charge is 0.338 e. The number of amides is 2. The third-order valence-corrected chi connectivity index (χ3v) is 4.22. The van der Waals surface area contributed by atoms with Gasteiger partial charge in [0, 0.05) is 37.5 Å². The van der Waals surface area contributed by atoms with E-state index in [2.05, 4.69) is 36.0 Å². The number of aromatic nitrogens is 5. The molecule has 0 aliphatic heterocycles. The lowest BCUT2D eigenvalue weighted by molar-refractivity contribution is -0.115. The number of anilines is 4. The van der Waals surface area contributed by atoms with Crippen LogP contribution in [0.1, 0.15) is 19.7 Å². The summed E-state index contributed by atoms with van der Waals surface area (Å²) in [5, 5.41) is 13.1. The molecule has 10 heteroatoms. The lowest BCUT2D eigenvalue weighted by Crippen LogP contribution is -2.09. The van der Waals surface area contributed by atoms with E-state index in [1.807, 2.05) is 18.2 Å². The number of rotatable bonds is 5. The van der Waals surface area contributed by atoms with Crippen molar-refractivity contribution >= 4 is 40.5 Å². The van der Waals surface area contributed by atoms with Gasteiger partial charge in [0.2, 0.25) is 11.8 Å². The summed E-state index contributed by atoms with van der Waals surface area (Å²) in [6.45, 7) is 4.62. The molecule has 0 saturated heterocycles. The number of fused-ring (bicyclic) bond motifs is 1. The second-order valence-electron chi connectivity index (χ2n) is 6.86. The summed E-state index contributed by atoms with van der Waals surface area (Å²) < 4.78 is 1.67. The molecule has 3 N–H and O–H groups in total. The first-order chi connectivity index (χ1) is 14.9. The van der Waals surface area contributed by atoms with Crippen LogP contribution in [0, 0.1) is 6.92 Å². The fraction of sp³-hybridized carbons (Fsp3) is 0.143. The van der Waals surface area contributed by atoms with Crippen LogP contribution in [-0.2, 0) is 9.59 Å². The molecular weight excluding hydrogens is 396 g/mol. The molecule has 0 aliphatic carbocycles. The summed E-state index contributed by atoms with van der Waals surface area (Å²) in [5.74, 6) is 1.01. The molecule has 3 aromatic heterocycles. The van der Waals surface area contributed by atoms with Gasteiger partial charge >= 0.3 is 0 Å². The van der Waals surface area contributed by atoms with Crippen molar-refractivity contribution in [1.29, 1.82) is 0 Å². The van der Waals surface area contributed by atoms with E-state index >= 15 is 0 Å². The van der Waals surface area contributed by atoms with Crippen LogP contribution < -0.4 is 16.0 Å². The molecule has 10 nitrogen and oxygen atoms in total. The summed E-state index contributed by atoms with van der Waals surface area (Å²) in [6, 6.07) is 12.6. The Hall–Kier alpha value is -4.34. The number of nitrogens with one attached hydrogen (secondary N) is 3. The van der Waals surface area contributed by atoms with E-state index < -0.39 is 0 Å². The molecule has 0 atom stereocenters. The highest BCUT2D eigenvalue weighted by atomic mass is 16.2. The Kier molecular flexibility index (Phi) is 5.27. The Morgan fingerprint density at radius 3 is 2.45 bits per heavy atom. The number of carbonyl (C=O) groups is 2. The van der Waals surface area contributed by atoms with Crippen LogP contribution >= 0.6 is 0 Å². The minimum absolute atomic E-state index is 0.156. The zero-order valence-electron chi connectivity index (χ0n) is 17.2. The minimum Gasteiger partial charge on any atom is -0.338 e. The first-order valence-corrected chi connectivity index (χ1v) is 9.51. The van der Waals surface area contributed by atoms with E-state index in [0.29, 0.717) is 40.2 Å². The Morgan fingerprint density at radius 1 is 0.903 bits per heavy atom. The van der Waals surface area contributed by atoms with Crippen molar-refractivity contribution in [2.75, 3.05) is 16.0 Å². The van der Waals surface area contributed by atoms with Gasteiger partial charge in [-0.2, -0.15) is 5.10 Å². The van der Waals surface area contributed by atoms with Crippen LogP contribution in [0.5, 0.6) is 0 Å². The van der Waals surface area contributed by atoms with Crippen molar-refractivity contribution in [2.24, 2.45) is 0 Å². The third-order valence-electron chi connectivity index (χ3n) is 4.22. The van der Waals surface area contributed by atoms with Gasteiger partial charge in [-0.05, 0) is 37.3 Å². The predicted molar refractivity (Wildman–Crippen MR) is 117 cm³/mol. The van der Waals surface area contributed by atoms with Crippen molar-refractivity contribution < 1.29 is 9.59 Å². The van der Waals surface area contributed by atoms with Gasteiger partial charge < -0.3 is 16.0 Å². The molecule has 3 heterocycles. The molecule has 0 fully saturated rings. The molecule has 2 amide bonds. The highest BCUT2D eigenvalue weighted by Crippen LogP contribution is 2.31. The Balaban J connectivity index is 1.82. The van der Waals surface area contributed by atoms with Crippen molar-refractivity contribution in [3.63, 3.8) is 0 Å². The highest BCUT2D eigenvalue weighted by molar-refractivity contribution is 5.90. The normalized spacial score (nSPS) is 10.7. The quantitative estimate of drug-likeness (QED) is 0.456. The van der Waals surface area contributed by atoms with Gasteiger partial charge in [0.25, 0.3) is 0 Å². The van der Waals surface area contributed by atoms with Crippen molar-refractivity contribution in [3.8, 4) is 11.4 Å². The van der Waals surface area contributed by atoms with Crippen molar-refractivity contribution in [2.45, 2.75) is 20.8 Å². The molecule has 0 spiro atoms. The number of nitrogens with zero attached hydrogens (tertiary/aromatic N) is 5. The van der Waals surface area contributed by atoms with Gasteiger partial charge in [0.15, 0.2) is 11.5 Å². The maximum atomic E-state index is 11.5. The van der Waals surface area contributed by atoms with Gasteiger partial charge in [-0.3, -0.25) is 9.59 Å². The van der Waals surface area contributed by atoms with Crippen LogP contribution in [0.2, 0.25) is 0 Å². The minimum atomic E-state index is -0.228. The number of hydrogen-bond donors (Lipinski definition) is 3. The monoisotopic (exact) mass is 416 g/mol. The molecule has 0 unspecified atom stereocenters. The zero-order valence-corrected chi connectivity index (χ0v) is 17.2. The van der Waals surface area contributed by atoms with Gasteiger partial charge in [-0.25, -0.2) is 19.5 Å². The first-order valence-electron chi connectivity index (χ1n) is 9.51. The average Bonchev–Trinajstić information content (AvgIpc) is 3.04. The van der Waals surface area contributed by atoms with Crippen molar-refractivity contribution in [3.05, 3.63) is 54.5 Å². The molecule has 0 aliphatic rings. The second-order valence-corrected chi connectivity index (χ2v) is 6.86. The summed E-state index contributed by atoms with van der Waals surface area (Å²) in [7, 11) is 0.